The van der Waals surface area contributed by atoms with Gasteiger partial charge in [-0.05, 0) is 19.9 Å². The average Bonchev–Trinajstić information content (AvgIpc) is 2.87. The number of Topliss-reactive ketones (excluding diaryl/α,β-unsaturated/α-hetero) is 1. The number of carbonyl (C=O) groups is 2. The molecule has 0 aliphatic heterocycles. The van der Waals surface area contributed by atoms with Crippen molar-refractivity contribution < 1.29 is 14.3 Å². The quantitative estimate of drug-likeness (QED) is 0.629. The van der Waals surface area contributed by atoms with Gasteiger partial charge in [-0.15, -0.1) is 11.3 Å². The van der Waals surface area contributed by atoms with Gasteiger partial charge in [-0.3, -0.25) is 18.7 Å². The molecular formula is C15H17N3O5S. The van der Waals surface area contributed by atoms with Crippen LogP contribution in [-0.4, -0.2) is 27.5 Å². The van der Waals surface area contributed by atoms with Crippen molar-refractivity contribution in [2.24, 2.45) is 14.1 Å². The second kappa shape index (κ2) is 6.44. The predicted molar refractivity (Wildman–Crippen MR) is 89.7 cm³/mol. The number of nitrogens with two attached hydrogens (primary N) is 1. The van der Waals surface area contributed by atoms with E-state index in [0.29, 0.717) is 5.56 Å². The highest BCUT2D eigenvalue weighted by molar-refractivity contribution is 7.12. The normalized spacial score (nSPS) is 10.7. The molecule has 0 fully saturated rings. The molecule has 0 atom stereocenters. The van der Waals surface area contributed by atoms with Crippen molar-refractivity contribution in [2.75, 3.05) is 12.3 Å². The molecule has 0 radical (unpaired) electrons. The second-order valence-electron chi connectivity index (χ2n) is 5.29. The van der Waals surface area contributed by atoms with Gasteiger partial charge in [0.05, 0.1) is 5.56 Å². The topological polar surface area (TPSA) is 113 Å². The number of aryl methyl sites for hydroxylation is 2. The molecule has 2 rings (SSSR count). The monoisotopic (exact) mass is 351 g/mol. The summed E-state index contributed by atoms with van der Waals surface area (Å²) in [6.45, 7) is 3.00. The van der Waals surface area contributed by atoms with Crippen molar-refractivity contribution in [3.63, 3.8) is 0 Å². The van der Waals surface area contributed by atoms with Crippen molar-refractivity contribution in [2.45, 2.75) is 13.8 Å². The third-order valence-electron chi connectivity index (χ3n) is 3.58. The fraction of sp³-hybridized carbons (Fsp3) is 0.333. The molecule has 2 aromatic rings. The molecular weight excluding hydrogens is 334 g/mol. The van der Waals surface area contributed by atoms with Crippen molar-refractivity contribution in [3.05, 3.63) is 47.8 Å². The van der Waals surface area contributed by atoms with Gasteiger partial charge in [-0.2, -0.15) is 0 Å². The van der Waals surface area contributed by atoms with Gasteiger partial charge in [-0.1, -0.05) is 0 Å². The van der Waals surface area contributed by atoms with Gasteiger partial charge in [-0.25, -0.2) is 9.59 Å². The van der Waals surface area contributed by atoms with Crippen LogP contribution in [0.15, 0.2) is 15.7 Å². The number of carbonyl (C=O) groups excluding carboxylic acids is 2. The number of thiophene rings is 1. The van der Waals surface area contributed by atoms with E-state index < -0.39 is 29.6 Å². The summed E-state index contributed by atoms with van der Waals surface area (Å²) in [5.41, 5.74) is 4.24. The number of nitrogen functional groups attached to an aromatic ring is 1. The highest BCUT2D eigenvalue weighted by Crippen LogP contribution is 2.21. The van der Waals surface area contributed by atoms with Crippen LogP contribution in [0, 0.1) is 13.8 Å². The Morgan fingerprint density at radius 2 is 1.83 bits per heavy atom. The van der Waals surface area contributed by atoms with E-state index in [1.54, 1.807) is 13.0 Å². The molecule has 24 heavy (non-hydrogen) atoms. The van der Waals surface area contributed by atoms with Gasteiger partial charge in [0.1, 0.15) is 11.4 Å². The summed E-state index contributed by atoms with van der Waals surface area (Å²) in [6.07, 6.45) is 0. The van der Waals surface area contributed by atoms with Gasteiger partial charge in [0.25, 0.3) is 5.56 Å². The molecule has 0 aromatic carbocycles. The maximum atomic E-state index is 12.2. The minimum absolute atomic E-state index is 0.258. The van der Waals surface area contributed by atoms with E-state index in [1.807, 2.05) is 6.92 Å². The van der Waals surface area contributed by atoms with E-state index in [0.717, 1.165) is 18.9 Å². The van der Waals surface area contributed by atoms with Crippen molar-refractivity contribution in [1.82, 2.24) is 9.13 Å². The van der Waals surface area contributed by atoms with Crippen molar-refractivity contribution in [3.8, 4) is 0 Å². The van der Waals surface area contributed by atoms with E-state index in [1.165, 1.54) is 25.4 Å². The summed E-state index contributed by atoms with van der Waals surface area (Å²) < 4.78 is 6.75. The molecule has 8 nitrogen and oxygen atoms in total. The van der Waals surface area contributed by atoms with E-state index >= 15 is 0 Å². The molecule has 0 bridgehead atoms. The Labute approximate surface area is 141 Å². The molecule has 2 N–H and O–H groups in total. The first kappa shape index (κ1) is 17.7. The Bertz CT molecular complexity index is 951. The maximum Gasteiger partial charge on any atom is 0.339 e. The smallest absolute Gasteiger partial charge is 0.339 e. The van der Waals surface area contributed by atoms with E-state index in [9.17, 15) is 19.2 Å². The van der Waals surface area contributed by atoms with Crippen molar-refractivity contribution in [1.29, 1.82) is 0 Å². The number of hydrogen-bond donors (Lipinski definition) is 1. The molecule has 2 heterocycles. The number of esters is 1. The van der Waals surface area contributed by atoms with Crippen LogP contribution in [0.2, 0.25) is 0 Å². The van der Waals surface area contributed by atoms with Crippen LogP contribution in [-0.2, 0) is 18.8 Å². The molecule has 0 saturated heterocycles. The number of rotatable bonds is 4. The Morgan fingerprint density at radius 1 is 1.21 bits per heavy atom. The average molecular weight is 351 g/mol. The molecule has 0 amide bonds. The summed E-state index contributed by atoms with van der Waals surface area (Å²) in [4.78, 5) is 49.8. The Kier molecular flexibility index (Phi) is 4.74. The fourth-order valence-electron chi connectivity index (χ4n) is 2.24. The number of nitrogens with zero attached hydrogens (tertiary/aromatic N) is 2. The molecule has 2 aromatic heterocycles. The summed E-state index contributed by atoms with van der Waals surface area (Å²) in [5, 5.41) is 0. The highest BCUT2D eigenvalue weighted by atomic mass is 32.1. The second-order valence-corrected chi connectivity index (χ2v) is 6.75. The minimum Gasteiger partial charge on any atom is -0.454 e. The van der Waals surface area contributed by atoms with Crippen LogP contribution in [0.5, 0.6) is 0 Å². The van der Waals surface area contributed by atoms with Gasteiger partial charge < -0.3 is 10.5 Å². The lowest BCUT2D eigenvalue weighted by molar-refractivity contribution is 0.0474. The Morgan fingerprint density at radius 3 is 2.38 bits per heavy atom. The Balaban J connectivity index is 2.26. The lowest BCUT2D eigenvalue weighted by Crippen LogP contribution is -2.42. The molecule has 0 unspecified atom stereocenters. The van der Waals surface area contributed by atoms with Crippen LogP contribution in [0.4, 0.5) is 5.82 Å². The first-order chi connectivity index (χ1) is 11.1. The number of ether oxygens (including phenoxy) is 1. The van der Waals surface area contributed by atoms with Gasteiger partial charge in [0, 0.05) is 23.8 Å². The standard InChI is InChI=1S/C15H17N3O5S/c1-7-5-9(8(2)24-7)14(21)23-6-10(19)11-12(16)17(3)15(22)18(4)13(11)20/h5H,6,16H2,1-4H3. The minimum atomic E-state index is -0.820. The van der Waals surface area contributed by atoms with Crippen LogP contribution in [0.3, 0.4) is 0 Å². The third kappa shape index (κ3) is 3.02. The molecule has 9 heteroatoms. The third-order valence-corrected chi connectivity index (χ3v) is 4.55. The molecule has 0 aliphatic carbocycles. The van der Waals surface area contributed by atoms with Crippen LogP contribution in [0.1, 0.15) is 30.5 Å². The summed E-state index contributed by atoms with van der Waals surface area (Å²) in [6, 6.07) is 1.67. The first-order valence-corrected chi connectivity index (χ1v) is 7.79. The molecule has 0 saturated carbocycles. The summed E-state index contributed by atoms with van der Waals surface area (Å²) in [7, 11) is 2.59. The van der Waals surface area contributed by atoms with Crippen molar-refractivity contribution >= 4 is 28.9 Å². The summed E-state index contributed by atoms with van der Waals surface area (Å²) >= 11 is 1.44. The summed E-state index contributed by atoms with van der Waals surface area (Å²) in [5.74, 6) is -1.67. The van der Waals surface area contributed by atoms with Gasteiger partial charge >= 0.3 is 11.7 Å². The predicted octanol–water partition coefficient (Wildman–Crippen LogP) is 0.384. The lowest BCUT2D eigenvalue weighted by Gasteiger charge is -2.10. The first-order valence-electron chi connectivity index (χ1n) is 6.98. The van der Waals surface area contributed by atoms with E-state index in [4.69, 9.17) is 10.5 Å². The number of aromatic nitrogens is 2. The van der Waals surface area contributed by atoms with Crippen LogP contribution < -0.4 is 17.0 Å². The molecule has 0 aliphatic rings. The zero-order valence-electron chi connectivity index (χ0n) is 13.7. The van der Waals surface area contributed by atoms with Crippen LogP contribution >= 0.6 is 11.3 Å². The van der Waals surface area contributed by atoms with E-state index in [-0.39, 0.29) is 11.4 Å². The highest BCUT2D eigenvalue weighted by Gasteiger charge is 2.22. The van der Waals surface area contributed by atoms with Crippen LogP contribution in [0.25, 0.3) is 0 Å². The zero-order valence-corrected chi connectivity index (χ0v) is 14.5. The fourth-order valence-corrected chi connectivity index (χ4v) is 3.15. The zero-order chi connectivity index (χ0) is 18.2. The van der Waals surface area contributed by atoms with Gasteiger partial charge in [0.15, 0.2) is 6.61 Å². The van der Waals surface area contributed by atoms with E-state index in [2.05, 4.69) is 0 Å². The number of anilines is 1. The van der Waals surface area contributed by atoms with Gasteiger partial charge in [0.2, 0.25) is 5.78 Å². The maximum absolute atomic E-state index is 12.2. The number of hydrogen-bond acceptors (Lipinski definition) is 7. The lowest BCUT2D eigenvalue weighted by atomic mass is 10.2. The molecule has 128 valence electrons. The number of ketones is 1. The SMILES string of the molecule is Cc1cc(C(=O)OCC(=O)c2c(N)n(C)c(=O)n(C)c2=O)c(C)s1. The Hall–Kier alpha value is -2.68. The largest absolute Gasteiger partial charge is 0.454 e. The molecule has 0 spiro atoms.